The van der Waals surface area contributed by atoms with Gasteiger partial charge in [0.15, 0.2) is 5.96 Å². The summed E-state index contributed by atoms with van der Waals surface area (Å²) in [7, 11) is 0. The van der Waals surface area contributed by atoms with Crippen LogP contribution in [0.5, 0.6) is 5.75 Å². The Balaban J connectivity index is 1.43. The highest BCUT2D eigenvalue weighted by molar-refractivity contribution is 5.80. The van der Waals surface area contributed by atoms with Crippen molar-refractivity contribution < 1.29 is 4.74 Å². The zero-order valence-corrected chi connectivity index (χ0v) is 17.0. The van der Waals surface area contributed by atoms with Crippen molar-refractivity contribution in [3.8, 4) is 5.75 Å². The molecule has 1 aliphatic carbocycles. The molecule has 5 nitrogen and oxygen atoms in total. The number of para-hydroxylation sites is 1. The van der Waals surface area contributed by atoms with Gasteiger partial charge in [-0.15, -0.1) is 0 Å². The maximum atomic E-state index is 6.17. The van der Waals surface area contributed by atoms with Crippen molar-refractivity contribution >= 4 is 5.96 Å². The van der Waals surface area contributed by atoms with Crippen molar-refractivity contribution in [3.63, 3.8) is 0 Å². The van der Waals surface area contributed by atoms with E-state index < -0.39 is 0 Å². The van der Waals surface area contributed by atoms with E-state index in [-0.39, 0.29) is 11.6 Å². The number of rotatable bonds is 5. The van der Waals surface area contributed by atoms with E-state index in [9.17, 15) is 0 Å². The van der Waals surface area contributed by atoms with Gasteiger partial charge in [-0.3, -0.25) is 4.99 Å². The van der Waals surface area contributed by atoms with Crippen LogP contribution in [0.1, 0.15) is 58.1 Å². The third-order valence-corrected chi connectivity index (χ3v) is 5.92. The highest BCUT2D eigenvalue weighted by atomic mass is 16.5. The van der Waals surface area contributed by atoms with Crippen molar-refractivity contribution in [1.29, 1.82) is 0 Å². The molecule has 0 aromatic heterocycles. The number of ether oxygens (including phenoxy) is 1. The minimum atomic E-state index is -0.181. The fraction of sp³-hybridized carbons (Fsp3) is 0.682. The highest BCUT2D eigenvalue weighted by Gasteiger charge is 2.35. The lowest BCUT2D eigenvalue weighted by molar-refractivity contribution is 0.0694. The Labute approximate surface area is 163 Å². The number of nitrogens with one attached hydrogen (secondary N) is 2. The second-order valence-electron chi connectivity index (χ2n) is 8.90. The zero-order valence-electron chi connectivity index (χ0n) is 17.0. The van der Waals surface area contributed by atoms with Crippen LogP contribution in [0.2, 0.25) is 0 Å². The van der Waals surface area contributed by atoms with E-state index in [1.165, 1.54) is 37.9 Å². The van der Waals surface area contributed by atoms with E-state index in [2.05, 4.69) is 54.5 Å². The molecule has 5 heteroatoms. The first-order valence-electron chi connectivity index (χ1n) is 10.6. The second kappa shape index (κ2) is 7.70. The number of likely N-dealkylation sites (tertiary alicyclic amines) is 1. The van der Waals surface area contributed by atoms with Crippen LogP contribution < -0.4 is 15.4 Å². The van der Waals surface area contributed by atoms with Crippen molar-refractivity contribution in [3.05, 3.63) is 29.8 Å². The molecule has 2 atom stereocenters. The number of fused-ring (bicyclic) bond motifs is 1. The number of benzene rings is 1. The van der Waals surface area contributed by atoms with Crippen LogP contribution in [0.25, 0.3) is 0 Å². The smallest absolute Gasteiger partial charge is 0.191 e. The molecule has 2 heterocycles. The van der Waals surface area contributed by atoms with Gasteiger partial charge in [0, 0.05) is 37.7 Å². The summed E-state index contributed by atoms with van der Waals surface area (Å²) in [6, 6.07) is 9.46. The van der Waals surface area contributed by atoms with Gasteiger partial charge in [0.1, 0.15) is 11.4 Å². The molecule has 0 radical (unpaired) electrons. The molecule has 2 fully saturated rings. The molecule has 3 aliphatic rings. The lowest BCUT2D eigenvalue weighted by atomic mass is 9.90. The summed E-state index contributed by atoms with van der Waals surface area (Å²) in [6.07, 6.45) is 5.01. The average Bonchev–Trinajstić information content (AvgIpc) is 3.37. The monoisotopic (exact) mass is 370 g/mol. The van der Waals surface area contributed by atoms with Gasteiger partial charge in [-0.1, -0.05) is 18.2 Å². The first-order chi connectivity index (χ1) is 13.0. The van der Waals surface area contributed by atoms with Crippen LogP contribution in [0.4, 0.5) is 0 Å². The Kier molecular flexibility index (Phi) is 5.31. The predicted octanol–water partition coefficient (Wildman–Crippen LogP) is 3.33. The van der Waals surface area contributed by atoms with Gasteiger partial charge in [0.2, 0.25) is 0 Å². The Hall–Kier alpha value is -1.75. The van der Waals surface area contributed by atoms with Crippen LogP contribution in [0.3, 0.4) is 0 Å². The number of nitrogens with zero attached hydrogens (tertiary/aromatic N) is 2. The van der Waals surface area contributed by atoms with Gasteiger partial charge in [-0.2, -0.15) is 0 Å². The van der Waals surface area contributed by atoms with E-state index in [1.807, 2.05) is 6.07 Å². The minimum absolute atomic E-state index is 0.181. The molecule has 27 heavy (non-hydrogen) atoms. The highest BCUT2D eigenvalue weighted by Crippen LogP contribution is 2.39. The van der Waals surface area contributed by atoms with Crippen molar-refractivity contribution in [2.24, 2.45) is 10.9 Å². The predicted molar refractivity (Wildman–Crippen MR) is 110 cm³/mol. The molecule has 0 amide bonds. The molecular formula is C22H34N4O. The zero-order chi connectivity index (χ0) is 18.9. The van der Waals surface area contributed by atoms with E-state index >= 15 is 0 Å². The molecule has 1 aromatic rings. The summed E-state index contributed by atoms with van der Waals surface area (Å²) in [6.45, 7) is 10.7. The number of aliphatic imine (C=N–C) groups is 1. The molecule has 1 saturated heterocycles. The van der Waals surface area contributed by atoms with Crippen molar-refractivity contribution in [1.82, 2.24) is 15.5 Å². The Morgan fingerprint density at radius 3 is 2.85 bits per heavy atom. The Morgan fingerprint density at radius 1 is 1.26 bits per heavy atom. The summed E-state index contributed by atoms with van der Waals surface area (Å²) in [4.78, 5) is 7.62. The number of guanidine groups is 1. The van der Waals surface area contributed by atoms with E-state index in [0.717, 1.165) is 37.3 Å². The molecule has 2 aliphatic heterocycles. The van der Waals surface area contributed by atoms with E-state index in [4.69, 9.17) is 9.73 Å². The van der Waals surface area contributed by atoms with Gasteiger partial charge in [-0.05, 0) is 58.6 Å². The molecule has 1 saturated carbocycles. The van der Waals surface area contributed by atoms with Gasteiger partial charge in [-0.25, -0.2) is 0 Å². The van der Waals surface area contributed by atoms with E-state index in [1.54, 1.807) is 0 Å². The van der Waals surface area contributed by atoms with Gasteiger partial charge in [0.05, 0.1) is 6.04 Å². The summed E-state index contributed by atoms with van der Waals surface area (Å²) in [5, 5.41) is 7.13. The largest absolute Gasteiger partial charge is 0.487 e. The van der Waals surface area contributed by atoms with Crippen molar-refractivity contribution in [2.45, 2.75) is 64.1 Å². The summed E-state index contributed by atoms with van der Waals surface area (Å²) in [5.41, 5.74) is 1.04. The summed E-state index contributed by atoms with van der Waals surface area (Å²) < 4.78 is 6.17. The van der Waals surface area contributed by atoms with Crippen LogP contribution in [-0.2, 0) is 0 Å². The maximum Gasteiger partial charge on any atom is 0.191 e. The topological polar surface area (TPSA) is 48.9 Å². The van der Waals surface area contributed by atoms with Crippen LogP contribution in [-0.4, -0.2) is 48.7 Å². The average molecular weight is 371 g/mol. The summed E-state index contributed by atoms with van der Waals surface area (Å²) >= 11 is 0. The van der Waals surface area contributed by atoms with Gasteiger partial charge < -0.3 is 20.3 Å². The molecule has 2 unspecified atom stereocenters. The number of hydrogen-bond acceptors (Lipinski definition) is 3. The normalized spacial score (nSPS) is 27.7. The fourth-order valence-corrected chi connectivity index (χ4v) is 4.42. The molecule has 148 valence electrons. The lowest BCUT2D eigenvalue weighted by Gasteiger charge is -2.38. The van der Waals surface area contributed by atoms with Crippen LogP contribution in [0.15, 0.2) is 29.3 Å². The summed E-state index contributed by atoms with van der Waals surface area (Å²) in [5.74, 6) is 2.61. The van der Waals surface area contributed by atoms with Gasteiger partial charge >= 0.3 is 0 Å². The number of hydrogen-bond donors (Lipinski definition) is 2. The van der Waals surface area contributed by atoms with E-state index in [0.29, 0.717) is 5.92 Å². The Morgan fingerprint density at radius 2 is 2.07 bits per heavy atom. The van der Waals surface area contributed by atoms with Gasteiger partial charge in [0.25, 0.3) is 0 Å². The SMILES string of the molecule is CCNC(=NCC1CCN(C2CC2)C1)NC1CC(C)(C)Oc2ccccc21. The quantitative estimate of drug-likeness (QED) is 0.617. The molecular weight excluding hydrogens is 336 g/mol. The molecule has 0 bridgehead atoms. The first kappa shape index (κ1) is 18.6. The molecule has 4 rings (SSSR count). The first-order valence-corrected chi connectivity index (χ1v) is 10.6. The molecule has 0 spiro atoms. The fourth-order valence-electron chi connectivity index (χ4n) is 4.42. The minimum Gasteiger partial charge on any atom is -0.487 e. The molecule has 2 N–H and O–H groups in total. The second-order valence-corrected chi connectivity index (χ2v) is 8.90. The molecule has 1 aromatic carbocycles. The van der Waals surface area contributed by atoms with Crippen LogP contribution in [0, 0.1) is 5.92 Å². The third-order valence-electron chi connectivity index (χ3n) is 5.92. The maximum absolute atomic E-state index is 6.17. The standard InChI is InChI=1S/C22H34N4O/c1-4-23-21(24-14-16-11-12-26(15-16)17-9-10-17)25-19-13-22(2,3)27-20-8-6-5-7-18(19)20/h5-8,16-17,19H,4,9-15H2,1-3H3,(H2,23,24,25). The van der Waals surface area contributed by atoms with Crippen molar-refractivity contribution in [2.75, 3.05) is 26.2 Å². The van der Waals surface area contributed by atoms with Crippen LogP contribution >= 0.6 is 0 Å². The lowest BCUT2D eigenvalue weighted by Crippen LogP contribution is -2.45. The Bertz CT molecular complexity index is 683. The third kappa shape index (κ3) is 4.57.